The molecular formula is C30H41N3O. The number of fused-ring (bicyclic) bond motifs is 2. The predicted molar refractivity (Wildman–Crippen MR) is 143 cm³/mol. The van der Waals surface area contributed by atoms with Crippen molar-refractivity contribution in [3.05, 3.63) is 59.0 Å². The molecule has 2 heterocycles. The molecular weight excluding hydrogens is 418 g/mol. The van der Waals surface area contributed by atoms with Crippen LogP contribution in [0.2, 0.25) is 0 Å². The molecule has 0 aliphatic heterocycles. The van der Waals surface area contributed by atoms with Crippen LogP contribution in [0.5, 0.6) is 0 Å². The van der Waals surface area contributed by atoms with Crippen LogP contribution in [0.15, 0.2) is 40.9 Å². The van der Waals surface area contributed by atoms with Crippen molar-refractivity contribution < 1.29 is 4.52 Å². The lowest BCUT2D eigenvalue weighted by Gasteiger charge is -2.31. The van der Waals surface area contributed by atoms with Gasteiger partial charge in [0, 0.05) is 27.3 Å². The van der Waals surface area contributed by atoms with Crippen LogP contribution in [0.3, 0.4) is 0 Å². The maximum Gasteiger partial charge on any atom is 0.150 e. The summed E-state index contributed by atoms with van der Waals surface area (Å²) in [4.78, 5) is 0. The van der Waals surface area contributed by atoms with Crippen LogP contribution in [-0.2, 0) is 21.7 Å². The van der Waals surface area contributed by atoms with E-state index < -0.39 is 0 Å². The van der Waals surface area contributed by atoms with Crippen LogP contribution < -0.4 is 0 Å². The molecule has 2 aromatic heterocycles. The summed E-state index contributed by atoms with van der Waals surface area (Å²) in [6.07, 6.45) is 2.04. The van der Waals surface area contributed by atoms with Crippen molar-refractivity contribution >= 4 is 21.8 Å². The number of aromatic amines is 1. The molecule has 0 aliphatic carbocycles. The molecule has 0 saturated carbocycles. The molecule has 0 saturated heterocycles. The molecule has 0 fully saturated rings. The van der Waals surface area contributed by atoms with Crippen molar-refractivity contribution in [3.63, 3.8) is 0 Å². The molecule has 4 heteroatoms. The van der Waals surface area contributed by atoms with Crippen LogP contribution in [0.4, 0.5) is 0 Å². The van der Waals surface area contributed by atoms with Gasteiger partial charge in [-0.25, -0.2) is 0 Å². The number of hydrogen-bond acceptors (Lipinski definition) is 3. The fraction of sp³-hybridized carbons (Fsp3) is 0.533. The molecule has 0 atom stereocenters. The lowest BCUT2D eigenvalue weighted by molar-refractivity contribution is 0.288. The van der Waals surface area contributed by atoms with Crippen LogP contribution in [0, 0.1) is 0 Å². The third kappa shape index (κ3) is 4.52. The number of aromatic nitrogens is 3. The van der Waals surface area contributed by atoms with E-state index in [0.717, 1.165) is 35.0 Å². The third-order valence-corrected chi connectivity index (χ3v) is 7.42. The first-order chi connectivity index (χ1) is 15.6. The minimum Gasteiger partial charge on any atom is -0.360 e. The minimum absolute atomic E-state index is 0.0181. The van der Waals surface area contributed by atoms with Crippen LogP contribution in [-0.4, -0.2) is 15.4 Å². The average molecular weight is 460 g/mol. The van der Waals surface area contributed by atoms with Crippen molar-refractivity contribution in [2.45, 2.75) is 104 Å². The van der Waals surface area contributed by atoms with Crippen molar-refractivity contribution in [3.8, 4) is 0 Å². The molecule has 4 rings (SSSR count). The van der Waals surface area contributed by atoms with E-state index >= 15 is 0 Å². The van der Waals surface area contributed by atoms with Gasteiger partial charge in [0.25, 0.3) is 0 Å². The zero-order valence-electron chi connectivity index (χ0n) is 22.7. The highest BCUT2D eigenvalue weighted by atomic mass is 16.5. The Morgan fingerprint density at radius 2 is 1.26 bits per heavy atom. The minimum atomic E-state index is -0.126. The van der Waals surface area contributed by atoms with Crippen molar-refractivity contribution in [2.75, 3.05) is 0 Å². The molecule has 4 aromatic rings. The Bertz CT molecular complexity index is 1320. The summed E-state index contributed by atoms with van der Waals surface area (Å²) in [6.45, 7) is 22.7. The molecule has 182 valence electrons. The van der Waals surface area contributed by atoms with Gasteiger partial charge in [0.1, 0.15) is 11.3 Å². The van der Waals surface area contributed by atoms with Crippen LogP contribution in [0.1, 0.15) is 105 Å². The highest BCUT2D eigenvalue weighted by Gasteiger charge is 2.32. The van der Waals surface area contributed by atoms with Crippen LogP contribution >= 0.6 is 0 Å². The van der Waals surface area contributed by atoms with Crippen molar-refractivity contribution in [2.24, 2.45) is 0 Å². The van der Waals surface area contributed by atoms with Gasteiger partial charge < -0.3 is 4.52 Å². The fourth-order valence-electron chi connectivity index (χ4n) is 4.78. The van der Waals surface area contributed by atoms with Crippen molar-refractivity contribution in [1.82, 2.24) is 15.4 Å². The van der Waals surface area contributed by atoms with Gasteiger partial charge in [-0.2, -0.15) is 5.10 Å². The Kier molecular flexibility index (Phi) is 5.74. The highest BCUT2D eigenvalue weighted by molar-refractivity contribution is 5.83. The smallest absolute Gasteiger partial charge is 0.150 e. The Balaban J connectivity index is 1.62. The van der Waals surface area contributed by atoms with E-state index in [4.69, 9.17) is 4.52 Å². The van der Waals surface area contributed by atoms with Gasteiger partial charge in [-0.3, -0.25) is 5.10 Å². The molecule has 0 spiro atoms. The van der Waals surface area contributed by atoms with Gasteiger partial charge in [0.05, 0.1) is 5.52 Å². The Hall–Kier alpha value is -2.62. The molecule has 34 heavy (non-hydrogen) atoms. The summed E-state index contributed by atoms with van der Waals surface area (Å²) in [6, 6.07) is 13.3. The predicted octanol–water partition coefficient (Wildman–Crippen LogP) is 8.33. The molecule has 0 bridgehead atoms. The molecule has 1 N–H and O–H groups in total. The Morgan fingerprint density at radius 1 is 0.676 bits per heavy atom. The number of benzene rings is 2. The Labute approximate surface area is 204 Å². The normalized spacial score (nSPS) is 13.8. The second kappa shape index (κ2) is 7.96. The van der Waals surface area contributed by atoms with E-state index in [0.29, 0.717) is 0 Å². The summed E-state index contributed by atoms with van der Waals surface area (Å²) in [7, 11) is 0. The van der Waals surface area contributed by atoms with Gasteiger partial charge in [-0.05, 0) is 59.1 Å². The Morgan fingerprint density at radius 3 is 1.91 bits per heavy atom. The zero-order valence-corrected chi connectivity index (χ0v) is 22.7. The largest absolute Gasteiger partial charge is 0.360 e. The lowest BCUT2D eigenvalue weighted by atomic mass is 9.73. The number of nitrogens with one attached hydrogen (secondary N) is 1. The van der Waals surface area contributed by atoms with E-state index in [1.165, 1.54) is 22.2 Å². The van der Waals surface area contributed by atoms with Crippen LogP contribution in [0.25, 0.3) is 21.8 Å². The first-order valence-electron chi connectivity index (χ1n) is 12.5. The molecule has 4 nitrogen and oxygen atoms in total. The van der Waals surface area contributed by atoms with E-state index in [1.54, 1.807) is 0 Å². The SMILES string of the molecule is CC(C)(C)c1ccc2noc(C(C)(C)CCC(C)(C)c3ccc4n[nH]c(C(C)(C)C)c4c3)c2c1. The highest BCUT2D eigenvalue weighted by Crippen LogP contribution is 2.40. The van der Waals surface area contributed by atoms with Gasteiger partial charge in [0.2, 0.25) is 0 Å². The molecule has 0 radical (unpaired) electrons. The third-order valence-electron chi connectivity index (χ3n) is 7.42. The molecule has 2 aromatic carbocycles. The second-order valence-electron chi connectivity index (χ2n) is 13.3. The lowest BCUT2D eigenvalue weighted by Crippen LogP contribution is -2.24. The second-order valence-corrected chi connectivity index (χ2v) is 13.3. The fourth-order valence-corrected chi connectivity index (χ4v) is 4.78. The van der Waals surface area contributed by atoms with E-state index in [2.05, 4.69) is 121 Å². The van der Waals surface area contributed by atoms with Gasteiger partial charge in [-0.15, -0.1) is 0 Å². The number of rotatable bonds is 5. The summed E-state index contributed by atoms with van der Waals surface area (Å²) in [5, 5.41) is 14.6. The summed E-state index contributed by atoms with van der Waals surface area (Å²) in [5.74, 6) is 0.990. The number of nitrogens with zero attached hydrogens (tertiary/aromatic N) is 2. The number of H-pyrrole nitrogens is 1. The monoisotopic (exact) mass is 459 g/mol. The van der Waals surface area contributed by atoms with E-state index in [1.807, 2.05) is 0 Å². The van der Waals surface area contributed by atoms with E-state index in [-0.39, 0.29) is 21.7 Å². The van der Waals surface area contributed by atoms with Gasteiger partial charge >= 0.3 is 0 Å². The summed E-state index contributed by atoms with van der Waals surface area (Å²) >= 11 is 0. The quantitative estimate of drug-likeness (QED) is 0.326. The summed E-state index contributed by atoms with van der Waals surface area (Å²) in [5.41, 5.74) is 5.84. The molecule has 0 amide bonds. The average Bonchev–Trinajstić information content (AvgIpc) is 3.35. The zero-order chi connectivity index (χ0) is 25.1. The standard InChI is InChI=1S/C30H41N3O/c1-27(2,3)19-11-14-24-22(17-19)26(34-33-24)30(9,10)16-15-29(7,8)20-12-13-23-21(18-20)25(32-31-23)28(4,5)6/h11-14,17-18H,15-16H2,1-10H3,(H,31,32). The topological polar surface area (TPSA) is 54.7 Å². The maximum atomic E-state index is 5.96. The molecule has 0 aliphatic rings. The first-order valence-corrected chi connectivity index (χ1v) is 12.5. The first kappa shape index (κ1) is 24.5. The van der Waals surface area contributed by atoms with E-state index in [9.17, 15) is 0 Å². The van der Waals surface area contributed by atoms with Gasteiger partial charge in [-0.1, -0.05) is 86.5 Å². The molecule has 0 unspecified atom stereocenters. The number of hydrogen-bond donors (Lipinski definition) is 1. The maximum absolute atomic E-state index is 5.96. The summed E-state index contributed by atoms with van der Waals surface area (Å²) < 4.78 is 5.96. The van der Waals surface area contributed by atoms with Gasteiger partial charge in [0.15, 0.2) is 0 Å². The van der Waals surface area contributed by atoms with Crippen molar-refractivity contribution in [1.29, 1.82) is 0 Å².